The van der Waals surface area contributed by atoms with Crippen LogP contribution in [-0.2, 0) is 17.9 Å². The maximum atomic E-state index is 12.0. The Morgan fingerprint density at radius 3 is 2.92 bits per heavy atom. The summed E-state index contributed by atoms with van der Waals surface area (Å²) in [5, 5.41) is 21.2. The SMILES string of the molecule is COc1cccc(Cn2cc(NC(=O)Cn3ccc([N+](=O)[O-])n3)cn2)c1. The molecule has 1 aromatic carbocycles. The number of nitrogens with zero attached hydrogens (tertiary/aromatic N) is 5. The molecule has 134 valence electrons. The van der Waals surface area contributed by atoms with Crippen LogP contribution in [0.25, 0.3) is 0 Å². The molecule has 0 fully saturated rings. The van der Waals surface area contributed by atoms with Gasteiger partial charge in [0.15, 0.2) is 0 Å². The Bertz CT molecular complexity index is 932. The summed E-state index contributed by atoms with van der Waals surface area (Å²) < 4.78 is 8.07. The molecule has 0 aliphatic heterocycles. The molecule has 0 saturated carbocycles. The number of rotatable bonds is 7. The molecule has 0 saturated heterocycles. The molecular weight excluding hydrogens is 340 g/mol. The highest BCUT2D eigenvalue weighted by atomic mass is 16.6. The first kappa shape index (κ1) is 17.1. The Kier molecular flexibility index (Phi) is 4.92. The number of benzene rings is 1. The predicted molar refractivity (Wildman–Crippen MR) is 91.8 cm³/mol. The summed E-state index contributed by atoms with van der Waals surface area (Å²) in [4.78, 5) is 22.0. The topological polar surface area (TPSA) is 117 Å². The van der Waals surface area contributed by atoms with Crippen molar-refractivity contribution in [1.29, 1.82) is 0 Å². The zero-order valence-electron chi connectivity index (χ0n) is 13.9. The number of carbonyl (C=O) groups excluding carboxylic acids is 1. The molecule has 0 unspecified atom stereocenters. The van der Waals surface area contributed by atoms with Gasteiger partial charge in [-0.2, -0.15) is 9.78 Å². The quantitative estimate of drug-likeness (QED) is 0.508. The molecule has 0 radical (unpaired) electrons. The predicted octanol–water partition coefficient (Wildman–Crippen LogP) is 1.68. The monoisotopic (exact) mass is 356 g/mol. The van der Waals surface area contributed by atoms with Gasteiger partial charge in [-0.15, -0.1) is 0 Å². The standard InChI is InChI=1S/C16H16N6O4/c1-26-14-4-2-3-12(7-14)9-21-10-13(8-17-21)18-16(23)11-20-6-5-15(19-20)22(24)25/h2-8,10H,9,11H2,1H3,(H,18,23). The van der Waals surface area contributed by atoms with E-state index in [1.165, 1.54) is 23.1 Å². The second-order valence-electron chi connectivity index (χ2n) is 5.45. The van der Waals surface area contributed by atoms with Gasteiger partial charge in [-0.05, 0) is 22.6 Å². The van der Waals surface area contributed by atoms with Gasteiger partial charge in [0.1, 0.15) is 12.3 Å². The van der Waals surface area contributed by atoms with E-state index < -0.39 is 4.92 Å². The van der Waals surface area contributed by atoms with Crippen molar-refractivity contribution in [2.45, 2.75) is 13.1 Å². The third-order valence-corrected chi connectivity index (χ3v) is 3.51. The van der Waals surface area contributed by atoms with E-state index in [-0.39, 0.29) is 18.3 Å². The minimum Gasteiger partial charge on any atom is -0.497 e. The zero-order chi connectivity index (χ0) is 18.5. The first-order chi connectivity index (χ1) is 12.5. The molecule has 3 aromatic rings. The van der Waals surface area contributed by atoms with Crippen molar-refractivity contribution in [3.63, 3.8) is 0 Å². The van der Waals surface area contributed by atoms with E-state index in [1.54, 1.807) is 18.0 Å². The largest absolute Gasteiger partial charge is 0.497 e. The number of nitrogens with one attached hydrogen (secondary N) is 1. The van der Waals surface area contributed by atoms with Crippen LogP contribution in [-0.4, -0.2) is 37.5 Å². The Hall–Kier alpha value is -3.69. The fourth-order valence-electron chi connectivity index (χ4n) is 2.36. The van der Waals surface area contributed by atoms with E-state index >= 15 is 0 Å². The molecule has 0 spiro atoms. The Morgan fingerprint density at radius 1 is 1.35 bits per heavy atom. The molecule has 10 heteroatoms. The first-order valence-corrected chi connectivity index (χ1v) is 7.66. The van der Waals surface area contributed by atoms with Gasteiger partial charge < -0.3 is 20.2 Å². The number of amides is 1. The van der Waals surface area contributed by atoms with Gasteiger partial charge in [-0.3, -0.25) is 9.48 Å². The molecule has 0 aliphatic rings. The van der Waals surface area contributed by atoms with Crippen molar-refractivity contribution in [2.75, 3.05) is 12.4 Å². The van der Waals surface area contributed by atoms with E-state index in [4.69, 9.17) is 4.74 Å². The van der Waals surface area contributed by atoms with Gasteiger partial charge in [0.05, 0.1) is 42.9 Å². The highest BCUT2D eigenvalue weighted by molar-refractivity contribution is 5.90. The van der Waals surface area contributed by atoms with Crippen LogP contribution in [0.5, 0.6) is 5.75 Å². The summed E-state index contributed by atoms with van der Waals surface area (Å²) in [5.74, 6) is 0.101. The highest BCUT2D eigenvalue weighted by Gasteiger charge is 2.14. The maximum Gasteiger partial charge on any atom is 0.389 e. The fraction of sp³-hybridized carbons (Fsp3) is 0.188. The summed E-state index contributed by atoms with van der Waals surface area (Å²) in [6.45, 7) is 0.396. The number of carbonyl (C=O) groups is 1. The minimum atomic E-state index is -0.614. The smallest absolute Gasteiger partial charge is 0.389 e. The molecule has 26 heavy (non-hydrogen) atoms. The van der Waals surface area contributed by atoms with Crippen molar-refractivity contribution in [3.05, 3.63) is 64.6 Å². The summed E-state index contributed by atoms with van der Waals surface area (Å²) >= 11 is 0. The van der Waals surface area contributed by atoms with Gasteiger partial charge in [0.25, 0.3) is 0 Å². The molecule has 2 heterocycles. The average molecular weight is 356 g/mol. The normalized spacial score (nSPS) is 10.5. The number of anilines is 1. The number of hydrogen-bond acceptors (Lipinski definition) is 6. The fourth-order valence-corrected chi connectivity index (χ4v) is 2.36. The number of methoxy groups -OCH3 is 1. The van der Waals surface area contributed by atoms with E-state index in [0.29, 0.717) is 12.2 Å². The Labute approximate surface area is 148 Å². The second-order valence-corrected chi connectivity index (χ2v) is 5.45. The maximum absolute atomic E-state index is 12.0. The Balaban J connectivity index is 1.58. The van der Waals surface area contributed by atoms with E-state index in [1.807, 2.05) is 24.3 Å². The third-order valence-electron chi connectivity index (χ3n) is 3.51. The highest BCUT2D eigenvalue weighted by Crippen LogP contribution is 2.14. The molecule has 0 aliphatic carbocycles. The lowest BCUT2D eigenvalue weighted by Crippen LogP contribution is -2.18. The van der Waals surface area contributed by atoms with Crippen LogP contribution in [0.3, 0.4) is 0 Å². The van der Waals surface area contributed by atoms with Gasteiger partial charge >= 0.3 is 5.82 Å². The first-order valence-electron chi connectivity index (χ1n) is 7.66. The van der Waals surface area contributed by atoms with Crippen LogP contribution in [0.2, 0.25) is 0 Å². The zero-order valence-corrected chi connectivity index (χ0v) is 13.9. The lowest BCUT2D eigenvalue weighted by molar-refractivity contribution is -0.389. The van der Waals surface area contributed by atoms with E-state index in [0.717, 1.165) is 11.3 Å². The number of aromatic nitrogens is 4. The van der Waals surface area contributed by atoms with Crippen LogP contribution in [0.1, 0.15) is 5.56 Å². The molecule has 1 amide bonds. The van der Waals surface area contributed by atoms with Crippen molar-refractivity contribution in [1.82, 2.24) is 19.6 Å². The van der Waals surface area contributed by atoms with Crippen molar-refractivity contribution in [2.24, 2.45) is 0 Å². The molecule has 0 atom stereocenters. The van der Waals surface area contributed by atoms with Gasteiger partial charge in [0, 0.05) is 6.20 Å². The number of hydrogen-bond donors (Lipinski definition) is 1. The van der Waals surface area contributed by atoms with Crippen LogP contribution in [0.4, 0.5) is 11.5 Å². The molecule has 3 rings (SSSR count). The summed E-state index contributed by atoms with van der Waals surface area (Å²) in [7, 11) is 1.61. The Morgan fingerprint density at radius 2 is 2.19 bits per heavy atom. The van der Waals surface area contributed by atoms with Gasteiger partial charge in [-0.25, -0.2) is 0 Å². The third kappa shape index (κ3) is 4.23. The van der Waals surface area contributed by atoms with E-state index in [2.05, 4.69) is 15.5 Å². The molecule has 0 bridgehead atoms. The molecular formula is C16H16N6O4. The van der Waals surface area contributed by atoms with E-state index in [9.17, 15) is 14.9 Å². The summed E-state index contributed by atoms with van der Waals surface area (Å²) in [6, 6.07) is 8.85. The minimum absolute atomic E-state index is 0.130. The van der Waals surface area contributed by atoms with Crippen LogP contribution < -0.4 is 10.1 Å². The summed E-state index contributed by atoms with van der Waals surface area (Å²) in [6.07, 6.45) is 4.61. The van der Waals surface area contributed by atoms with Crippen LogP contribution in [0.15, 0.2) is 48.9 Å². The van der Waals surface area contributed by atoms with Crippen molar-refractivity contribution < 1.29 is 14.5 Å². The molecule has 10 nitrogen and oxygen atoms in total. The van der Waals surface area contributed by atoms with Crippen LogP contribution >= 0.6 is 0 Å². The summed E-state index contributed by atoms with van der Waals surface area (Å²) in [5.41, 5.74) is 1.54. The molecule has 1 N–H and O–H groups in total. The second kappa shape index (κ2) is 7.47. The van der Waals surface area contributed by atoms with Crippen LogP contribution in [0, 0.1) is 10.1 Å². The van der Waals surface area contributed by atoms with Crippen molar-refractivity contribution >= 4 is 17.4 Å². The number of nitro groups is 1. The van der Waals surface area contributed by atoms with Gasteiger partial charge in [0.2, 0.25) is 5.91 Å². The van der Waals surface area contributed by atoms with Gasteiger partial charge in [-0.1, -0.05) is 12.1 Å². The molecule has 2 aromatic heterocycles. The number of ether oxygens (including phenoxy) is 1. The van der Waals surface area contributed by atoms with Crippen molar-refractivity contribution in [3.8, 4) is 5.75 Å². The average Bonchev–Trinajstić information content (AvgIpc) is 3.25. The lowest BCUT2D eigenvalue weighted by atomic mass is 10.2. The lowest BCUT2D eigenvalue weighted by Gasteiger charge is -2.04.